The molecule has 1 saturated heterocycles. The van der Waals surface area contributed by atoms with Gasteiger partial charge < -0.3 is 9.80 Å². The number of rotatable bonds is 3. The monoisotopic (exact) mass is 366 g/mol. The maximum absolute atomic E-state index is 12.6. The molecule has 0 bridgehead atoms. The maximum Gasteiger partial charge on any atom is 0.265 e. The van der Waals surface area contributed by atoms with Crippen molar-refractivity contribution in [1.82, 2.24) is 39.1 Å². The number of aryl methyl sites for hydroxylation is 1. The van der Waals surface area contributed by atoms with Crippen LogP contribution in [0, 0.1) is 0 Å². The van der Waals surface area contributed by atoms with E-state index in [1.807, 2.05) is 24.1 Å². The number of fused-ring (bicyclic) bond motifs is 2. The zero-order valence-electron chi connectivity index (χ0n) is 15.2. The molecule has 1 aliphatic heterocycles. The minimum absolute atomic E-state index is 0.0918. The molecule has 138 valence electrons. The third kappa shape index (κ3) is 2.27. The van der Waals surface area contributed by atoms with Gasteiger partial charge in [0.1, 0.15) is 17.5 Å². The first-order valence-electron chi connectivity index (χ1n) is 8.56. The number of anilines is 2. The van der Waals surface area contributed by atoms with Crippen LogP contribution in [0.25, 0.3) is 16.7 Å². The van der Waals surface area contributed by atoms with Gasteiger partial charge in [-0.25, -0.2) is 0 Å². The zero-order chi connectivity index (χ0) is 18.7. The first-order chi connectivity index (χ1) is 13.0. The Morgan fingerprint density at radius 1 is 1.22 bits per heavy atom. The molecule has 0 atom stereocenters. The lowest BCUT2D eigenvalue weighted by Gasteiger charge is -2.45. The van der Waals surface area contributed by atoms with Gasteiger partial charge in [-0.05, 0) is 12.1 Å². The van der Waals surface area contributed by atoms with Crippen molar-refractivity contribution >= 4 is 28.4 Å². The molecule has 27 heavy (non-hydrogen) atoms. The number of hydrogen-bond acceptors (Lipinski definition) is 8. The second-order valence-corrected chi connectivity index (χ2v) is 6.78. The molecule has 11 heteroatoms. The van der Waals surface area contributed by atoms with Crippen LogP contribution in [0.4, 0.5) is 11.8 Å². The topological polar surface area (TPSA) is 102 Å². The summed E-state index contributed by atoms with van der Waals surface area (Å²) >= 11 is 0. The number of nitrogens with zero attached hydrogens (tertiary/aromatic N) is 10. The highest BCUT2D eigenvalue weighted by atomic mass is 16.1. The molecular weight excluding hydrogens is 348 g/mol. The molecule has 0 radical (unpaired) electrons. The fourth-order valence-corrected chi connectivity index (χ4v) is 3.41. The Kier molecular flexibility index (Phi) is 3.20. The maximum atomic E-state index is 12.6. The van der Waals surface area contributed by atoms with E-state index in [1.165, 1.54) is 0 Å². The van der Waals surface area contributed by atoms with Gasteiger partial charge in [-0.2, -0.15) is 14.6 Å². The summed E-state index contributed by atoms with van der Waals surface area (Å²) in [5, 5.41) is 17.0. The molecular formula is C16H18N10O. The van der Waals surface area contributed by atoms with E-state index >= 15 is 0 Å². The number of aromatic nitrogens is 8. The molecule has 4 aromatic heterocycles. The van der Waals surface area contributed by atoms with Crippen molar-refractivity contribution in [3.05, 3.63) is 35.0 Å². The van der Waals surface area contributed by atoms with Crippen LogP contribution in [0.3, 0.4) is 0 Å². The summed E-state index contributed by atoms with van der Waals surface area (Å²) in [6, 6.07) is 4.07. The second-order valence-electron chi connectivity index (χ2n) is 6.78. The minimum atomic E-state index is -0.0918. The van der Waals surface area contributed by atoms with Crippen LogP contribution in [-0.4, -0.2) is 65.3 Å². The minimum Gasteiger partial charge on any atom is -0.351 e. The SMILES string of the molecule is CN(c1nc2c(cnn2C)c(=O)n1C)C1CN(c2ccc3nncn3n2)C1. The average molecular weight is 366 g/mol. The van der Waals surface area contributed by atoms with Crippen molar-refractivity contribution in [2.75, 3.05) is 29.9 Å². The van der Waals surface area contributed by atoms with Crippen molar-refractivity contribution in [2.45, 2.75) is 6.04 Å². The highest BCUT2D eigenvalue weighted by molar-refractivity contribution is 5.74. The van der Waals surface area contributed by atoms with Crippen LogP contribution in [0.5, 0.6) is 0 Å². The zero-order valence-corrected chi connectivity index (χ0v) is 15.2. The largest absolute Gasteiger partial charge is 0.351 e. The first kappa shape index (κ1) is 15.7. The molecule has 0 amide bonds. The van der Waals surface area contributed by atoms with E-state index < -0.39 is 0 Å². The fourth-order valence-electron chi connectivity index (χ4n) is 3.41. The summed E-state index contributed by atoms with van der Waals surface area (Å²) in [4.78, 5) is 21.5. The lowest BCUT2D eigenvalue weighted by atomic mass is 10.1. The van der Waals surface area contributed by atoms with Crippen molar-refractivity contribution in [3.63, 3.8) is 0 Å². The molecule has 4 aromatic rings. The van der Waals surface area contributed by atoms with E-state index in [-0.39, 0.29) is 11.6 Å². The fraction of sp³-hybridized carbons (Fsp3) is 0.375. The highest BCUT2D eigenvalue weighted by Crippen LogP contribution is 2.24. The first-order valence-corrected chi connectivity index (χ1v) is 8.56. The van der Waals surface area contributed by atoms with E-state index in [1.54, 1.807) is 40.4 Å². The van der Waals surface area contributed by atoms with Gasteiger partial charge in [0.25, 0.3) is 5.56 Å². The van der Waals surface area contributed by atoms with Crippen LogP contribution < -0.4 is 15.4 Å². The number of hydrogen-bond donors (Lipinski definition) is 0. The second kappa shape index (κ2) is 5.50. The van der Waals surface area contributed by atoms with E-state index in [4.69, 9.17) is 0 Å². The normalized spacial score (nSPS) is 14.9. The van der Waals surface area contributed by atoms with E-state index in [9.17, 15) is 4.79 Å². The molecule has 11 nitrogen and oxygen atoms in total. The number of likely N-dealkylation sites (N-methyl/N-ethyl adjacent to an activating group) is 1. The van der Waals surface area contributed by atoms with Gasteiger partial charge in [0.05, 0.1) is 12.2 Å². The van der Waals surface area contributed by atoms with Crippen molar-refractivity contribution < 1.29 is 0 Å². The Hall–Kier alpha value is -3.50. The van der Waals surface area contributed by atoms with E-state index in [0.717, 1.165) is 24.6 Å². The van der Waals surface area contributed by atoms with Crippen molar-refractivity contribution in [1.29, 1.82) is 0 Å². The van der Waals surface area contributed by atoms with Gasteiger partial charge in [0.2, 0.25) is 5.95 Å². The van der Waals surface area contributed by atoms with E-state index in [0.29, 0.717) is 17.0 Å². The Balaban J connectivity index is 1.40. The lowest BCUT2D eigenvalue weighted by Crippen LogP contribution is -2.60. The van der Waals surface area contributed by atoms with E-state index in [2.05, 4.69) is 30.3 Å². The molecule has 0 N–H and O–H groups in total. The summed E-state index contributed by atoms with van der Waals surface area (Å²) in [7, 11) is 5.49. The summed E-state index contributed by atoms with van der Waals surface area (Å²) in [6.45, 7) is 1.58. The van der Waals surface area contributed by atoms with Crippen LogP contribution >= 0.6 is 0 Å². The van der Waals surface area contributed by atoms with Crippen LogP contribution in [0.2, 0.25) is 0 Å². The Labute approximate surface area is 153 Å². The van der Waals surface area contributed by atoms with Gasteiger partial charge in [-0.15, -0.1) is 15.3 Å². The summed E-state index contributed by atoms with van der Waals surface area (Å²) in [6.07, 6.45) is 3.15. The standard InChI is InChI=1S/C16H18N10O/c1-22(16-19-14-11(6-18-24(14)3)15(27)23(16)2)10-7-25(8-10)13-5-4-12-20-17-9-26(12)21-13/h4-6,9-10H,7-8H2,1-3H3. The quantitative estimate of drug-likeness (QED) is 0.475. The van der Waals surface area contributed by atoms with Gasteiger partial charge in [0, 0.05) is 34.2 Å². The van der Waals surface area contributed by atoms with Crippen molar-refractivity contribution in [3.8, 4) is 0 Å². The summed E-state index contributed by atoms with van der Waals surface area (Å²) in [5.41, 5.74) is 1.22. The van der Waals surface area contributed by atoms with Crippen LogP contribution in [0.1, 0.15) is 0 Å². The molecule has 1 aliphatic rings. The molecule has 1 fully saturated rings. The third-order valence-corrected chi connectivity index (χ3v) is 5.15. The molecule has 5 rings (SSSR count). The van der Waals surface area contributed by atoms with Gasteiger partial charge in [-0.3, -0.25) is 14.0 Å². The van der Waals surface area contributed by atoms with Crippen LogP contribution in [-0.2, 0) is 14.1 Å². The predicted octanol–water partition coefficient (Wildman–Crippen LogP) is -0.570. The molecule has 5 heterocycles. The average Bonchev–Trinajstić information content (AvgIpc) is 3.23. The predicted molar refractivity (Wildman–Crippen MR) is 98.9 cm³/mol. The van der Waals surface area contributed by atoms with Gasteiger partial charge >= 0.3 is 0 Å². The summed E-state index contributed by atoms with van der Waals surface area (Å²) < 4.78 is 4.86. The van der Waals surface area contributed by atoms with Crippen molar-refractivity contribution in [2.24, 2.45) is 14.1 Å². The molecule has 0 saturated carbocycles. The molecule has 0 spiro atoms. The smallest absolute Gasteiger partial charge is 0.265 e. The molecule has 0 unspecified atom stereocenters. The Morgan fingerprint density at radius 2 is 2.04 bits per heavy atom. The Morgan fingerprint density at radius 3 is 2.85 bits per heavy atom. The summed E-state index contributed by atoms with van der Waals surface area (Å²) in [5.74, 6) is 1.50. The molecule has 0 aliphatic carbocycles. The Bertz CT molecular complexity index is 1220. The highest BCUT2D eigenvalue weighted by Gasteiger charge is 2.33. The van der Waals surface area contributed by atoms with Crippen LogP contribution in [0.15, 0.2) is 29.5 Å². The lowest BCUT2D eigenvalue weighted by molar-refractivity contribution is 0.479. The third-order valence-electron chi connectivity index (χ3n) is 5.15. The van der Waals surface area contributed by atoms with Gasteiger partial charge in [0.15, 0.2) is 11.3 Å². The van der Waals surface area contributed by atoms with Gasteiger partial charge in [-0.1, -0.05) is 0 Å². The molecule has 0 aromatic carbocycles.